The number of carbonyl (C=O) groups excluding carboxylic acids is 2. The number of Topliss-reactive ketones (excluding diaryl/α,β-unsaturated/α-hetero) is 1. The molecular formula is C9H9ClF2O3. The third-order valence-corrected chi connectivity index (χ3v) is 1.45. The second kappa shape index (κ2) is 5.60. The fourth-order valence-corrected chi connectivity index (χ4v) is 0.818. The van der Waals surface area contributed by atoms with Crippen LogP contribution in [0.5, 0.6) is 0 Å². The van der Waals surface area contributed by atoms with Gasteiger partial charge in [-0.25, -0.2) is 4.79 Å². The first-order chi connectivity index (χ1) is 6.84. The number of alkyl halides is 3. The molecule has 84 valence electrons. The van der Waals surface area contributed by atoms with Crippen LogP contribution in [-0.2, 0) is 14.3 Å². The molecule has 0 aromatic rings. The topological polar surface area (TPSA) is 43.4 Å². The lowest BCUT2D eigenvalue weighted by molar-refractivity contribution is -0.142. The lowest BCUT2D eigenvalue weighted by Crippen LogP contribution is -2.28. The Bertz CT molecular complexity index is 305. The fraction of sp³-hybridized carbons (Fsp3) is 0.333. The lowest BCUT2D eigenvalue weighted by Gasteiger charge is -2.08. The number of rotatable bonds is 5. The Balaban J connectivity index is 5.01. The molecule has 0 aliphatic heterocycles. The molecule has 0 aliphatic carbocycles. The molecule has 0 aliphatic rings. The van der Waals surface area contributed by atoms with Gasteiger partial charge in [0.15, 0.2) is 0 Å². The van der Waals surface area contributed by atoms with Crippen molar-refractivity contribution >= 4 is 23.4 Å². The summed E-state index contributed by atoms with van der Waals surface area (Å²) in [5, 5.41) is -4.12. The third kappa shape index (κ3) is 4.20. The smallest absolute Gasteiger partial charge is 0.385 e. The van der Waals surface area contributed by atoms with Crippen LogP contribution in [0.25, 0.3) is 0 Å². The second-order valence-electron chi connectivity index (χ2n) is 2.36. The van der Waals surface area contributed by atoms with E-state index in [1.54, 1.807) is 0 Å². The summed E-state index contributed by atoms with van der Waals surface area (Å²) in [6, 6.07) is 0. The molecule has 3 nitrogen and oxygen atoms in total. The zero-order valence-electron chi connectivity index (χ0n) is 7.93. The molecule has 0 rings (SSSR count). The number of carbonyl (C=O) groups is 2. The van der Waals surface area contributed by atoms with Crippen molar-refractivity contribution in [2.75, 3.05) is 6.61 Å². The molecule has 0 amide bonds. The molecule has 0 N–H and O–H groups in total. The summed E-state index contributed by atoms with van der Waals surface area (Å²) in [6.45, 7) is 4.63. The molecular weight excluding hydrogens is 230 g/mol. The summed E-state index contributed by atoms with van der Waals surface area (Å²) in [4.78, 5) is 22.0. The zero-order valence-corrected chi connectivity index (χ0v) is 8.68. The molecule has 0 aromatic carbocycles. The highest BCUT2D eigenvalue weighted by Crippen LogP contribution is 2.24. The lowest BCUT2D eigenvalue weighted by atomic mass is 10.1. The van der Waals surface area contributed by atoms with Gasteiger partial charge in [-0.15, -0.1) is 0 Å². The van der Waals surface area contributed by atoms with Gasteiger partial charge >= 0.3 is 11.4 Å². The van der Waals surface area contributed by atoms with Crippen LogP contribution in [-0.4, -0.2) is 23.7 Å². The van der Waals surface area contributed by atoms with E-state index in [0.29, 0.717) is 0 Å². The number of allylic oxidation sites excluding steroid dienone is 2. The summed E-state index contributed by atoms with van der Waals surface area (Å²) in [7, 11) is 0. The van der Waals surface area contributed by atoms with E-state index < -0.39 is 22.7 Å². The van der Waals surface area contributed by atoms with Crippen LogP contribution < -0.4 is 0 Å². The van der Waals surface area contributed by atoms with Crippen LogP contribution in [0.2, 0.25) is 0 Å². The number of halogens is 3. The Labute approximate surface area is 90.4 Å². The maximum Gasteiger partial charge on any atom is 0.385 e. The molecule has 0 spiro atoms. The van der Waals surface area contributed by atoms with Crippen molar-refractivity contribution in [3.05, 3.63) is 24.3 Å². The van der Waals surface area contributed by atoms with Crippen molar-refractivity contribution in [1.82, 2.24) is 0 Å². The molecule has 0 unspecified atom stereocenters. The van der Waals surface area contributed by atoms with Gasteiger partial charge in [-0.05, 0) is 24.6 Å². The Hall–Kier alpha value is -1.23. The van der Waals surface area contributed by atoms with E-state index in [-0.39, 0.29) is 6.61 Å². The Kier molecular flexibility index (Phi) is 5.14. The zero-order chi connectivity index (χ0) is 12.1. The van der Waals surface area contributed by atoms with Crippen LogP contribution in [0, 0.1) is 0 Å². The van der Waals surface area contributed by atoms with E-state index in [1.165, 1.54) is 6.92 Å². The molecule has 15 heavy (non-hydrogen) atoms. The highest BCUT2D eigenvalue weighted by atomic mass is 35.5. The molecule has 0 saturated heterocycles. The predicted octanol–water partition coefficient (Wildman–Crippen LogP) is 2.06. The Morgan fingerprint density at radius 1 is 1.53 bits per heavy atom. The van der Waals surface area contributed by atoms with Gasteiger partial charge in [-0.2, -0.15) is 8.78 Å². The minimum Gasteiger partial charge on any atom is -0.462 e. The summed E-state index contributed by atoms with van der Waals surface area (Å²) >= 11 is 4.49. The van der Waals surface area contributed by atoms with Crippen LogP contribution in [0.1, 0.15) is 6.92 Å². The highest BCUT2D eigenvalue weighted by molar-refractivity contribution is 6.38. The number of hydrogen-bond donors (Lipinski definition) is 0. The van der Waals surface area contributed by atoms with E-state index in [1.807, 2.05) is 0 Å². The fourth-order valence-electron chi connectivity index (χ4n) is 0.716. The number of ketones is 1. The van der Waals surface area contributed by atoms with Gasteiger partial charge in [-0.3, -0.25) is 4.79 Å². The van der Waals surface area contributed by atoms with Crippen LogP contribution in [0.3, 0.4) is 0 Å². The van der Waals surface area contributed by atoms with Gasteiger partial charge in [0, 0.05) is 0 Å². The predicted molar refractivity (Wildman–Crippen MR) is 50.7 cm³/mol. The van der Waals surface area contributed by atoms with Gasteiger partial charge in [0.1, 0.15) is 5.57 Å². The minimum atomic E-state index is -4.12. The summed E-state index contributed by atoms with van der Waals surface area (Å²) in [5.41, 5.74) is -0.827. The first-order valence-corrected chi connectivity index (χ1v) is 4.33. The Morgan fingerprint density at radius 3 is 2.40 bits per heavy atom. The van der Waals surface area contributed by atoms with Crippen molar-refractivity contribution in [3.8, 4) is 0 Å². The average molecular weight is 239 g/mol. The van der Waals surface area contributed by atoms with Gasteiger partial charge in [-0.1, -0.05) is 12.7 Å². The van der Waals surface area contributed by atoms with Crippen molar-refractivity contribution in [3.63, 3.8) is 0 Å². The van der Waals surface area contributed by atoms with Crippen LogP contribution >= 0.6 is 11.6 Å². The molecule has 0 fully saturated rings. The average Bonchev–Trinajstić information content (AvgIpc) is 2.12. The van der Waals surface area contributed by atoms with Gasteiger partial charge in [0.2, 0.25) is 0 Å². The normalized spacial score (nSPS) is 12.1. The maximum atomic E-state index is 12.4. The maximum absolute atomic E-state index is 12.4. The Morgan fingerprint density at radius 2 is 2.07 bits per heavy atom. The largest absolute Gasteiger partial charge is 0.462 e. The standard InChI is InChI=1S/C9H9ClF2O3/c1-3-5-6(8(14)15-4-2)7(13)9(10,11)12/h3,5H,1,4H2,2H3/b6-5-. The first-order valence-electron chi connectivity index (χ1n) is 3.96. The summed E-state index contributed by atoms with van der Waals surface area (Å²) in [6.07, 6.45) is 1.85. The van der Waals surface area contributed by atoms with Crippen molar-refractivity contribution in [2.45, 2.75) is 12.3 Å². The van der Waals surface area contributed by atoms with Gasteiger partial charge in [0.25, 0.3) is 5.78 Å². The summed E-state index contributed by atoms with van der Waals surface area (Å²) < 4.78 is 29.3. The van der Waals surface area contributed by atoms with Gasteiger partial charge < -0.3 is 4.74 Å². The van der Waals surface area contributed by atoms with E-state index in [2.05, 4.69) is 22.9 Å². The second-order valence-corrected chi connectivity index (χ2v) is 2.84. The van der Waals surface area contributed by atoms with Crippen molar-refractivity contribution in [1.29, 1.82) is 0 Å². The van der Waals surface area contributed by atoms with E-state index >= 15 is 0 Å². The van der Waals surface area contributed by atoms with Crippen LogP contribution in [0.4, 0.5) is 8.78 Å². The molecule has 0 radical (unpaired) electrons. The van der Waals surface area contributed by atoms with Crippen molar-refractivity contribution in [2.24, 2.45) is 0 Å². The van der Waals surface area contributed by atoms with E-state index in [4.69, 9.17) is 0 Å². The number of hydrogen-bond acceptors (Lipinski definition) is 3. The van der Waals surface area contributed by atoms with E-state index in [9.17, 15) is 18.4 Å². The molecule has 0 atom stereocenters. The van der Waals surface area contributed by atoms with E-state index in [0.717, 1.165) is 12.2 Å². The monoisotopic (exact) mass is 238 g/mol. The SMILES string of the molecule is C=C/C=C(\C(=O)OCC)C(=O)C(F)(F)Cl. The summed E-state index contributed by atoms with van der Waals surface area (Å²) in [5.74, 6) is -2.95. The van der Waals surface area contributed by atoms with Crippen molar-refractivity contribution < 1.29 is 23.1 Å². The molecule has 6 heteroatoms. The quantitative estimate of drug-likeness (QED) is 0.184. The van der Waals surface area contributed by atoms with Crippen LogP contribution in [0.15, 0.2) is 24.3 Å². The number of ether oxygens (including phenoxy) is 1. The third-order valence-electron chi connectivity index (χ3n) is 1.28. The molecule has 0 heterocycles. The molecule has 0 bridgehead atoms. The highest BCUT2D eigenvalue weighted by Gasteiger charge is 2.40. The van der Waals surface area contributed by atoms with Gasteiger partial charge in [0.05, 0.1) is 6.61 Å². The molecule has 0 saturated carbocycles. The molecule has 0 aromatic heterocycles. The number of esters is 1. The minimum absolute atomic E-state index is 0.0333. The first kappa shape index (κ1) is 13.8.